The van der Waals surface area contributed by atoms with E-state index in [9.17, 15) is 14.7 Å². The molecule has 0 bridgehead atoms. The smallest absolute Gasteiger partial charge is 0.326 e. The predicted molar refractivity (Wildman–Crippen MR) is 174 cm³/mol. The van der Waals surface area contributed by atoms with Crippen molar-refractivity contribution in [2.24, 2.45) is 50.7 Å². The minimum atomic E-state index is -0.921. The zero-order valence-corrected chi connectivity index (χ0v) is 28.8. The molecule has 242 valence electrons. The van der Waals surface area contributed by atoms with E-state index in [0.29, 0.717) is 18.3 Å². The number of aromatic nitrogens is 2. The SMILES string of the molecule is CC(C)C[C@H](NC(=O)[C@]12CCC(C)(C)C[C@H]1C1=CC[C@@H]3[C@@]4(C)Cc5nccnc5C(C)(C)[C@@H]4CC[C@@]3(C)[C@]1(C)CC2)C(=O)O. The van der Waals surface area contributed by atoms with Crippen LogP contribution in [0.3, 0.4) is 0 Å². The van der Waals surface area contributed by atoms with Gasteiger partial charge in [0.2, 0.25) is 5.91 Å². The van der Waals surface area contributed by atoms with Crippen molar-refractivity contribution in [3.63, 3.8) is 0 Å². The maximum Gasteiger partial charge on any atom is 0.326 e. The number of fused-ring (bicyclic) bond motifs is 8. The largest absolute Gasteiger partial charge is 0.480 e. The Bertz CT molecular complexity index is 1380. The third-order valence-corrected chi connectivity index (χ3v) is 14.5. The summed E-state index contributed by atoms with van der Waals surface area (Å²) in [6.45, 7) is 21.3. The molecule has 0 spiro atoms. The molecule has 1 heterocycles. The van der Waals surface area contributed by atoms with E-state index in [2.05, 4.69) is 59.9 Å². The van der Waals surface area contributed by atoms with Crippen molar-refractivity contribution >= 4 is 11.9 Å². The highest BCUT2D eigenvalue weighted by Gasteiger charge is 2.69. The average Bonchev–Trinajstić information content (AvgIpc) is 2.92. The van der Waals surface area contributed by atoms with Gasteiger partial charge in [0.15, 0.2) is 0 Å². The molecule has 5 aliphatic rings. The second kappa shape index (κ2) is 10.1. The Kier molecular flexibility index (Phi) is 7.30. The van der Waals surface area contributed by atoms with Gasteiger partial charge in [-0.15, -0.1) is 0 Å². The molecule has 8 atom stereocenters. The van der Waals surface area contributed by atoms with E-state index in [1.807, 2.05) is 26.2 Å². The molecule has 0 unspecified atom stereocenters. The first-order valence-corrected chi connectivity index (χ1v) is 17.5. The zero-order chi connectivity index (χ0) is 32.1. The Morgan fingerprint density at radius 2 is 1.64 bits per heavy atom. The molecule has 1 amide bonds. The van der Waals surface area contributed by atoms with Crippen LogP contribution >= 0.6 is 0 Å². The van der Waals surface area contributed by atoms with Crippen LogP contribution in [0.15, 0.2) is 24.0 Å². The highest BCUT2D eigenvalue weighted by atomic mass is 16.4. The first kappa shape index (κ1) is 31.7. The molecule has 5 aliphatic carbocycles. The number of carboxylic acid groups (broad SMARTS) is 1. The van der Waals surface area contributed by atoms with E-state index >= 15 is 0 Å². The van der Waals surface area contributed by atoms with E-state index in [4.69, 9.17) is 9.97 Å². The number of carboxylic acids is 1. The maximum atomic E-state index is 14.4. The molecule has 2 N–H and O–H groups in total. The molecule has 6 nitrogen and oxygen atoms in total. The fraction of sp³-hybridized carbons (Fsp3) is 0.789. The summed E-state index contributed by atoms with van der Waals surface area (Å²) in [5.74, 6) is 0.485. The molecule has 0 saturated heterocycles. The standard InChI is InChI=1S/C38H57N3O3/c1-23(2)20-26(31(42)43)41-32(44)38-16-14-33(3,4)21-25(38)24-10-11-29-35(7)22-27-30(40-19-18-39-27)34(5,6)28(35)12-13-37(29,9)36(24,8)15-17-38/h10,18-19,23,25-26,28-29H,11-17,20-22H2,1-9H3,(H,41,44)(H,42,43)/t25-,26-,28-,29+,35-,36+,37+,38-/m0/s1. The van der Waals surface area contributed by atoms with Crippen molar-refractivity contribution in [2.45, 2.75) is 138 Å². The summed E-state index contributed by atoms with van der Waals surface area (Å²) in [5, 5.41) is 13.1. The summed E-state index contributed by atoms with van der Waals surface area (Å²) in [6.07, 6.45) is 15.8. The number of rotatable bonds is 5. The Balaban J connectivity index is 1.40. The quantitative estimate of drug-likeness (QED) is 0.334. The number of nitrogens with one attached hydrogen (secondary N) is 1. The molecule has 3 saturated carbocycles. The van der Waals surface area contributed by atoms with Gasteiger partial charge in [-0.1, -0.05) is 74.0 Å². The third kappa shape index (κ3) is 4.38. The van der Waals surface area contributed by atoms with Gasteiger partial charge in [-0.2, -0.15) is 0 Å². The van der Waals surface area contributed by atoms with Gasteiger partial charge in [-0.05, 0) is 110 Å². The summed E-state index contributed by atoms with van der Waals surface area (Å²) in [7, 11) is 0. The maximum absolute atomic E-state index is 14.4. The summed E-state index contributed by atoms with van der Waals surface area (Å²) in [4.78, 5) is 36.4. The Labute approximate surface area is 265 Å². The molecule has 0 aromatic carbocycles. The van der Waals surface area contributed by atoms with Crippen LogP contribution in [-0.4, -0.2) is 33.0 Å². The summed E-state index contributed by atoms with van der Waals surface area (Å²) >= 11 is 0. The molecule has 1 aromatic rings. The van der Waals surface area contributed by atoms with Crippen molar-refractivity contribution in [1.82, 2.24) is 15.3 Å². The minimum Gasteiger partial charge on any atom is -0.480 e. The van der Waals surface area contributed by atoms with Crippen LogP contribution in [0.1, 0.15) is 131 Å². The Morgan fingerprint density at radius 3 is 2.32 bits per heavy atom. The van der Waals surface area contributed by atoms with Crippen LogP contribution in [0, 0.1) is 50.7 Å². The van der Waals surface area contributed by atoms with Gasteiger partial charge in [0.05, 0.1) is 16.8 Å². The molecular weight excluding hydrogens is 546 g/mol. The van der Waals surface area contributed by atoms with Crippen LogP contribution in [0.4, 0.5) is 0 Å². The van der Waals surface area contributed by atoms with Crippen LogP contribution in [0.5, 0.6) is 0 Å². The first-order valence-electron chi connectivity index (χ1n) is 17.5. The van der Waals surface area contributed by atoms with Crippen LogP contribution in [0.25, 0.3) is 0 Å². The number of amides is 1. The fourth-order valence-corrected chi connectivity index (χ4v) is 12.0. The molecule has 6 rings (SSSR count). The number of allylic oxidation sites excluding steroid dienone is 2. The van der Waals surface area contributed by atoms with Gasteiger partial charge in [-0.3, -0.25) is 14.8 Å². The lowest BCUT2D eigenvalue weighted by Gasteiger charge is -2.70. The normalized spacial score (nSPS) is 40.7. The summed E-state index contributed by atoms with van der Waals surface area (Å²) < 4.78 is 0. The van der Waals surface area contributed by atoms with Crippen molar-refractivity contribution in [3.8, 4) is 0 Å². The van der Waals surface area contributed by atoms with Gasteiger partial charge < -0.3 is 10.4 Å². The van der Waals surface area contributed by atoms with Crippen molar-refractivity contribution in [2.75, 3.05) is 0 Å². The number of hydrogen-bond acceptors (Lipinski definition) is 4. The van der Waals surface area contributed by atoms with Gasteiger partial charge in [0.1, 0.15) is 6.04 Å². The fourth-order valence-electron chi connectivity index (χ4n) is 12.0. The Hall–Kier alpha value is -2.24. The van der Waals surface area contributed by atoms with Gasteiger partial charge in [0.25, 0.3) is 0 Å². The molecule has 6 heteroatoms. The number of aliphatic carboxylic acids is 1. The van der Waals surface area contributed by atoms with E-state index in [0.717, 1.165) is 44.9 Å². The number of carbonyl (C=O) groups excluding carboxylic acids is 1. The molecule has 3 fully saturated rings. The lowest BCUT2D eigenvalue weighted by molar-refractivity contribution is -0.169. The zero-order valence-electron chi connectivity index (χ0n) is 28.8. The van der Waals surface area contributed by atoms with Crippen molar-refractivity contribution in [3.05, 3.63) is 35.4 Å². The lowest BCUT2D eigenvalue weighted by atomic mass is 9.33. The van der Waals surface area contributed by atoms with Crippen LogP contribution in [0.2, 0.25) is 0 Å². The second-order valence-corrected chi connectivity index (χ2v) is 18.1. The molecule has 1 aromatic heterocycles. The number of hydrogen-bond donors (Lipinski definition) is 2. The summed E-state index contributed by atoms with van der Waals surface area (Å²) in [5.41, 5.74) is 3.72. The third-order valence-electron chi connectivity index (χ3n) is 14.5. The van der Waals surface area contributed by atoms with E-state index in [1.165, 1.54) is 29.8 Å². The van der Waals surface area contributed by atoms with Gasteiger partial charge in [-0.25, -0.2) is 4.79 Å². The first-order chi connectivity index (χ1) is 20.4. The average molecular weight is 604 g/mol. The van der Waals surface area contributed by atoms with E-state index in [-0.39, 0.29) is 44.8 Å². The topological polar surface area (TPSA) is 92.2 Å². The molecular formula is C38H57N3O3. The summed E-state index contributed by atoms with van der Waals surface area (Å²) in [6, 6.07) is -0.834. The molecule has 0 aliphatic heterocycles. The number of nitrogens with zero attached hydrogens (tertiary/aromatic N) is 2. The van der Waals surface area contributed by atoms with E-state index < -0.39 is 17.4 Å². The second-order valence-electron chi connectivity index (χ2n) is 18.1. The van der Waals surface area contributed by atoms with E-state index in [1.54, 1.807) is 0 Å². The van der Waals surface area contributed by atoms with Gasteiger partial charge >= 0.3 is 5.97 Å². The van der Waals surface area contributed by atoms with Crippen LogP contribution in [-0.2, 0) is 21.4 Å². The van der Waals surface area contributed by atoms with Crippen molar-refractivity contribution in [1.29, 1.82) is 0 Å². The Morgan fingerprint density at radius 1 is 0.955 bits per heavy atom. The monoisotopic (exact) mass is 603 g/mol. The van der Waals surface area contributed by atoms with Crippen molar-refractivity contribution < 1.29 is 14.7 Å². The van der Waals surface area contributed by atoms with Gasteiger partial charge in [0, 0.05) is 17.8 Å². The highest BCUT2D eigenvalue weighted by molar-refractivity contribution is 5.88. The lowest BCUT2D eigenvalue weighted by Crippen LogP contribution is -2.65. The molecule has 0 radical (unpaired) electrons. The number of carbonyl (C=O) groups is 2. The predicted octanol–water partition coefficient (Wildman–Crippen LogP) is 7.91. The minimum absolute atomic E-state index is 0.00266. The molecule has 44 heavy (non-hydrogen) atoms. The highest BCUT2D eigenvalue weighted by Crippen LogP contribution is 2.75. The van der Waals surface area contributed by atoms with Crippen LogP contribution < -0.4 is 5.32 Å².